The van der Waals surface area contributed by atoms with Crippen LogP contribution in [-0.4, -0.2) is 26.0 Å². The maximum absolute atomic E-state index is 4.54. The molecule has 5 nitrogen and oxygen atoms in total. The second-order valence-electron chi connectivity index (χ2n) is 5.50. The number of aromatic nitrogens is 4. The van der Waals surface area contributed by atoms with Crippen molar-refractivity contribution in [3.63, 3.8) is 0 Å². The number of pyridine rings is 2. The van der Waals surface area contributed by atoms with Crippen molar-refractivity contribution in [2.45, 2.75) is 26.3 Å². The Bertz CT molecular complexity index is 773. The normalized spacial score (nSPS) is 11.9. The Morgan fingerprint density at radius 3 is 2.57 bits per heavy atom. The van der Waals surface area contributed by atoms with E-state index in [1.54, 1.807) is 12.4 Å². The molecule has 1 atom stereocenters. The third kappa shape index (κ3) is 3.88. The van der Waals surface area contributed by atoms with Gasteiger partial charge in [0.2, 0.25) is 5.95 Å². The fourth-order valence-corrected chi connectivity index (χ4v) is 2.38. The van der Waals surface area contributed by atoms with Crippen molar-refractivity contribution in [3.05, 3.63) is 66.2 Å². The van der Waals surface area contributed by atoms with Crippen LogP contribution in [0.3, 0.4) is 0 Å². The molecule has 1 N–H and O–H groups in total. The molecule has 116 valence electrons. The molecule has 0 aliphatic heterocycles. The predicted octanol–water partition coefficient (Wildman–Crippen LogP) is 3.29. The Hall–Kier alpha value is -2.82. The molecular weight excluding hydrogens is 286 g/mol. The van der Waals surface area contributed by atoms with Crippen LogP contribution in [0.15, 0.2) is 55.0 Å². The summed E-state index contributed by atoms with van der Waals surface area (Å²) >= 11 is 0. The van der Waals surface area contributed by atoms with E-state index in [-0.39, 0.29) is 6.04 Å². The van der Waals surface area contributed by atoms with E-state index in [0.29, 0.717) is 5.95 Å². The van der Waals surface area contributed by atoms with Gasteiger partial charge in [0.1, 0.15) is 0 Å². The van der Waals surface area contributed by atoms with Crippen LogP contribution >= 0.6 is 0 Å². The van der Waals surface area contributed by atoms with Crippen LogP contribution in [0.4, 0.5) is 5.95 Å². The Balaban J connectivity index is 1.72. The van der Waals surface area contributed by atoms with E-state index >= 15 is 0 Å². The number of hydrogen-bond donors (Lipinski definition) is 1. The van der Waals surface area contributed by atoms with Crippen molar-refractivity contribution in [1.82, 2.24) is 19.9 Å². The molecular formula is C18H19N5. The standard InChI is InChI=1S/C18H19N5/c1-13-6-5-10-20-17(13)12-14(2)22-18-21-11-8-16(23-18)15-7-3-4-9-19-15/h3-11,14H,12H2,1-2H3,(H,21,22,23)/t14-/m1/s1. The van der Waals surface area contributed by atoms with E-state index < -0.39 is 0 Å². The Labute approximate surface area is 135 Å². The summed E-state index contributed by atoms with van der Waals surface area (Å²) in [6.45, 7) is 4.18. The SMILES string of the molecule is Cc1cccnc1C[C@@H](C)Nc1nccc(-c2ccccn2)n1. The van der Waals surface area contributed by atoms with Crippen molar-refractivity contribution in [2.24, 2.45) is 0 Å². The molecule has 0 radical (unpaired) electrons. The molecule has 0 saturated carbocycles. The fourth-order valence-electron chi connectivity index (χ4n) is 2.38. The molecule has 0 amide bonds. The number of hydrogen-bond acceptors (Lipinski definition) is 5. The first kappa shape index (κ1) is 15.1. The van der Waals surface area contributed by atoms with Gasteiger partial charge in [0.05, 0.1) is 11.4 Å². The maximum Gasteiger partial charge on any atom is 0.223 e. The van der Waals surface area contributed by atoms with Gasteiger partial charge in [-0.3, -0.25) is 9.97 Å². The predicted molar refractivity (Wildman–Crippen MR) is 91.0 cm³/mol. The second kappa shape index (κ2) is 6.96. The smallest absolute Gasteiger partial charge is 0.223 e. The lowest BCUT2D eigenvalue weighted by atomic mass is 10.1. The number of anilines is 1. The monoisotopic (exact) mass is 305 g/mol. The summed E-state index contributed by atoms with van der Waals surface area (Å²) in [7, 11) is 0. The quantitative estimate of drug-likeness (QED) is 0.783. The molecule has 0 bridgehead atoms. The lowest BCUT2D eigenvalue weighted by Crippen LogP contribution is -2.20. The molecule has 0 aliphatic rings. The molecule has 0 aromatic carbocycles. The number of aryl methyl sites for hydroxylation is 1. The summed E-state index contributed by atoms with van der Waals surface area (Å²) < 4.78 is 0. The highest BCUT2D eigenvalue weighted by Crippen LogP contribution is 2.15. The minimum Gasteiger partial charge on any atom is -0.351 e. The minimum absolute atomic E-state index is 0.183. The van der Waals surface area contributed by atoms with Gasteiger partial charge in [0.25, 0.3) is 0 Å². The van der Waals surface area contributed by atoms with Gasteiger partial charge in [-0.05, 0) is 43.7 Å². The van der Waals surface area contributed by atoms with Gasteiger partial charge in [0.15, 0.2) is 0 Å². The maximum atomic E-state index is 4.54. The third-order valence-electron chi connectivity index (χ3n) is 3.58. The van der Waals surface area contributed by atoms with Crippen LogP contribution < -0.4 is 5.32 Å². The van der Waals surface area contributed by atoms with Gasteiger partial charge < -0.3 is 5.32 Å². The average molecular weight is 305 g/mol. The van der Waals surface area contributed by atoms with E-state index in [0.717, 1.165) is 23.5 Å². The molecule has 0 fully saturated rings. The van der Waals surface area contributed by atoms with Gasteiger partial charge in [-0.2, -0.15) is 0 Å². The van der Waals surface area contributed by atoms with E-state index in [9.17, 15) is 0 Å². The average Bonchev–Trinajstić information content (AvgIpc) is 2.58. The topological polar surface area (TPSA) is 63.6 Å². The zero-order valence-electron chi connectivity index (χ0n) is 13.3. The first-order valence-electron chi connectivity index (χ1n) is 7.64. The molecule has 23 heavy (non-hydrogen) atoms. The first-order chi connectivity index (χ1) is 11.2. The summed E-state index contributed by atoms with van der Waals surface area (Å²) in [6.07, 6.45) is 6.16. The van der Waals surface area contributed by atoms with Gasteiger partial charge in [-0.15, -0.1) is 0 Å². The largest absolute Gasteiger partial charge is 0.351 e. The molecule has 3 heterocycles. The summed E-state index contributed by atoms with van der Waals surface area (Å²) in [4.78, 5) is 17.6. The van der Waals surface area contributed by atoms with Crippen LogP contribution in [0, 0.1) is 6.92 Å². The van der Waals surface area contributed by atoms with Crippen LogP contribution in [-0.2, 0) is 6.42 Å². The highest BCUT2D eigenvalue weighted by atomic mass is 15.1. The van der Waals surface area contributed by atoms with Crippen LogP contribution in [0.1, 0.15) is 18.2 Å². The highest BCUT2D eigenvalue weighted by molar-refractivity contribution is 5.54. The van der Waals surface area contributed by atoms with Crippen molar-refractivity contribution in [3.8, 4) is 11.4 Å². The highest BCUT2D eigenvalue weighted by Gasteiger charge is 2.09. The summed E-state index contributed by atoms with van der Waals surface area (Å²) in [6, 6.07) is 11.9. The summed E-state index contributed by atoms with van der Waals surface area (Å²) in [5.41, 5.74) is 3.94. The zero-order valence-corrected chi connectivity index (χ0v) is 13.3. The molecule has 0 aliphatic carbocycles. The zero-order chi connectivity index (χ0) is 16.1. The van der Waals surface area contributed by atoms with E-state index in [2.05, 4.69) is 45.2 Å². The van der Waals surface area contributed by atoms with Crippen LogP contribution in [0.2, 0.25) is 0 Å². The number of nitrogens with zero attached hydrogens (tertiary/aromatic N) is 4. The summed E-state index contributed by atoms with van der Waals surface area (Å²) in [5.74, 6) is 0.606. The molecule has 3 rings (SSSR count). The second-order valence-corrected chi connectivity index (χ2v) is 5.50. The van der Waals surface area contributed by atoms with Crippen LogP contribution in [0.25, 0.3) is 11.4 Å². The Morgan fingerprint density at radius 1 is 0.913 bits per heavy atom. The molecule has 3 aromatic rings. The third-order valence-corrected chi connectivity index (χ3v) is 3.58. The Morgan fingerprint density at radius 2 is 1.78 bits per heavy atom. The molecule has 0 saturated heterocycles. The first-order valence-corrected chi connectivity index (χ1v) is 7.64. The minimum atomic E-state index is 0.183. The molecule has 0 unspecified atom stereocenters. The number of nitrogens with one attached hydrogen (secondary N) is 1. The van der Waals surface area contributed by atoms with Gasteiger partial charge in [0, 0.05) is 36.7 Å². The molecule has 3 aromatic heterocycles. The summed E-state index contributed by atoms with van der Waals surface area (Å²) in [5, 5.41) is 3.34. The van der Waals surface area contributed by atoms with Crippen molar-refractivity contribution >= 4 is 5.95 Å². The van der Waals surface area contributed by atoms with Crippen molar-refractivity contribution < 1.29 is 0 Å². The van der Waals surface area contributed by atoms with E-state index in [4.69, 9.17) is 0 Å². The van der Waals surface area contributed by atoms with Gasteiger partial charge in [-0.1, -0.05) is 12.1 Å². The fraction of sp³-hybridized carbons (Fsp3) is 0.222. The van der Waals surface area contributed by atoms with Crippen molar-refractivity contribution in [1.29, 1.82) is 0 Å². The lowest BCUT2D eigenvalue weighted by molar-refractivity contribution is 0.754. The van der Waals surface area contributed by atoms with Crippen molar-refractivity contribution in [2.75, 3.05) is 5.32 Å². The number of rotatable bonds is 5. The van der Waals surface area contributed by atoms with E-state index in [1.807, 2.05) is 36.5 Å². The van der Waals surface area contributed by atoms with E-state index in [1.165, 1.54) is 5.56 Å². The van der Waals surface area contributed by atoms with Gasteiger partial charge >= 0.3 is 0 Å². The molecule has 0 spiro atoms. The lowest BCUT2D eigenvalue weighted by Gasteiger charge is -2.14. The Kier molecular flexibility index (Phi) is 4.57. The van der Waals surface area contributed by atoms with Gasteiger partial charge in [-0.25, -0.2) is 9.97 Å². The van der Waals surface area contributed by atoms with Crippen LogP contribution in [0.5, 0.6) is 0 Å². The molecule has 5 heteroatoms.